The summed E-state index contributed by atoms with van der Waals surface area (Å²) in [6, 6.07) is 0. The van der Waals surface area contributed by atoms with Crippen LogP contribution in [0.4, 0.5) is 0 Å². The van der Waals surface area contributed by atoms with Crippen LogP contribution in [-0.2, 0) is 6.42 Å². The minimum atomic E-state index is 0.132. The molecule has 0 spiro atoms. The average Bonchev–Trinajstić information content (AvgIpc) is 3.03. The Morgan fingerprint density at radius 1 is 1.47 bits per heavy atom. The van der Waals surface area contributed by atoms with Gasteiger partial charge in [-0.1, -0.05) is 0 Å². The number of rotatable bonds is 2. The standard InChI is InChI=1S/C12H14N2O/c1-5(15)11-8-4-7-9(6-2-3-6)10(7)12(8)14-13-11/h6-7,9-10H,2-4H2,1H3,(H,13,14). The lowest BCUT2D eigenvalue weighted by atomic mass is 10.0. The SMILES string of the molecule is CC(=O)c1[nH]nc2c1CC1C2C1C1CC1. The number of hydrogen-bond donors (Lipinski definition) is 1. The molecule has 1 aromatic heterocycles. The van der Waals surface area contributed by atoms with E-state index in [1.807, 2.05) is 0 Å². The predicted octanol–water partition coefficient (Wildman–Crippen LogP) is 1.91. The van der Waals surface area contributed by atoms with Gasteiger partial charge in [-0.05, 0) is 37.0 Å². The first-order chi connectivity index (χ1) is 7.27. The van der Waals surface area contributed by atoms with Crippen molar-refractivity contribution in [2.24, 2.45) is 17.8 Å². The minimum Gasteiger partial charge on any atom is -0.293 e. The van der Waals surface area contributed by atoms with Crippen molar-refractivity contribution in [1.82, 2.24) is 10.2 Å². The van der Waals surface area contributed by atoms with Crippen LogP contribution in [0.2, 0.25) is 0 Å². The molecule has 1 aromatic rings. The predicted molar refractivity (Wildman–Crippen MR) is 54.7 cm³/mol. The zero-order valence-electron chi connectivity index (χ0n) is 8.79. The lowest BCUT2D eigenvalue weighted by molar-refractivity contribution is 0.101. The van der Waals surface area contributed by atoms with Crippen molar-refractivity contribution in [1.29, 1.82) is 0 Å². The maximum atomic E-state index is 11.3. The number of Topliss-reactive ketones (excluding diaryl/α,β-unsaturated/α-hetero) is 1. The molecule has 2 fully saturated rings. The van der Waals surface area contributed by atoms with Crippen molar-refractivity contribution in [3.63, 3.8) is 0 Å². The van der Waals surface area contributed by atoms with Gasteiger partial charge in [0.05, 0.1) is 5.69 Å². The molecule has 3 aliphatic rings. The van der Waals surface area contributed by atoms with E-state index < -0.39 is 0 Å². The molecule has 0 aliphatic heterocycles. The highest BCUT2D eigenvalue weighted by molar-refractivity contribution is 5.94. The molecule has 78 valence electrons. The van der Waals surface area contributed by atoms with Gasteiger partial charge in [-0.15, -0.1) is 0 Å². The third-order valence-electron chi connectivity index (χ3n) is 4.40. The molecule has 3 heteroatoms. The van der Waals surface area contributed by atoms with Crippen LogP contribution in [-0.4, -0.2) is 16.0 Å². The summed E-state index contributed by atoms with van der Waals surface area (Å²) in [6.45, 7) is 1.62. The number of aromatic nitrogens is 2. The van der Waals surface area contributed by atoms with Crippen LogP contribution in [0.1, 0.15) is 47.4 Å². The van der Waals surface area contributed by atoms with Gasteiger partial charge in [0.25, 0.3) is 0 Å². The highest BCUT2D eigenvalue weighted by Gasteiger charge is 2.62. The molecule has 4 rings (SSSR count). The monoisotopic (exact) mass is 202 g/mol. The Bertz CT molecular complexity index is 458. The molecule has 3 unspecified atom stereocenters. The summed E-state index contributed by atoms with van der Waals surface area (Å²) < 4.78 is 0. The van der Waals surface area contributed by atoms with E-state index in [-0.39, 0.29) is 5.78 Å². The average molecular weight is 202 g/mol. The maximum absolute atomic E-state index is 11.3. The number of ketones is 1. The Balaban J connectivity index is 1.71. The number of nitrogens with one attached hydrogen (secondary N) is 1. The largest absolute Gasteiger partial charge is 0.293 e. The third kappa shape index (κ3) is 0.912. The Kier molecular flexibility index (Phi) is 1.26. The second kappa shape index (κ2) is 2.34. The quantitative estimate of drug-likeness (QED) is 0.744. The van der Waals surface area contributed by atoms with Gasteiger partial charge in [0.15, 0.2) is 5.78 Å². The van der Waals surface area contributed by atoms with Crippen LogP contribution in [0.3, 0.4) is 0 Å². The van der Waals surface area contributed by atoms with Gasteiger partial charge in [-0.25, -0.2) is 0 Å². The lowest BCUT2D eigenvalue weighted by Gasteiger charge is -2.01. The van der Waals surface area contributed by atoms with Gasteiger partial charge in [0, 0.05) is 18.4 Å². The van der Waals surface area contributed by atoms with Crippen LogP contribution in [0.25, 0.3) is 0 Å². The molecule has 3 aliphatic carbocycles. The lowest BCUT2D eigenvalue weighted by Crippen LogP contribution is -2.00. The zero-order chi connectivity index (χ0) is 10.2. The Hall–Kier alpha value is -1.12. The summed E-state index contributed by atoms with van der Waals surface area (Å²) in [5.74, 6) is 3.58. The van der Waals surface area contributed by atoms with Crippen molar-refractivity contribution in [2.45, 2.75) is 32.1 Å². The first kappa shape index (κ1) is 8.08. The Morgan fingerprint density at radius 3 is 2.93 bits per heavy atom. The second-order valence-electron chi connectivity index (χ2n) is 5.33. The summed E-state index contributed by atoms with van der Waals surface area (Å²) in [4.78, 5) is 11.3. The Labute approximate surface area is 88.3 Å². The van der Waals surface area contributed by atoms with Gasteiger partial charge < -0.3 is 0 Å². The Morgan fingerprint density at radius 2 is 2.27 bits per heavy atom. The zero-order valence-corrected chi connectivity index (χ0v) is 8.79. The summed E-state index contributed by atoms with van der Waals surface area (Å²) >= 11 is 0. The number of carbonyl (C=O) groups is 1. The van der Waals surface area contributed by atoms with Crippen molar-refractivity contribution in [3.05, 3.63) is 17.0 Å². The molecular formula is C12H14N2O. The molecule has 1 heterocycles. The number of H-pyrrole nitrogens is 1. The smallest absolute Gasteiger partial charge is 0.177 e. The molecule has 3 atom stereocenters. The number of carbonyl (C=O) groups excluding carboxylic acids is 1. The molecule has 0 radical (unpaired) electrons. The number of hydrogen-bond acceptors (Lipinski definition) is 2. The molecule has 3 nitrogen and oxygen atoms in total. The number of nitrogens with zero attached hydrogens (tertiary/aromatic N) is 1. The van der Waals surface area contributed by atoms with E-state index in [1.54, 1.807) is 6.92 Å². The minimum absolute atomic E-state index is 0.132. The molecule has 1 N–H and O–H groups in total. The van der Waals surface area contributed by atoms with Gasteiger partial charge >= 0.3 is 0 Å². The normalized spacial score (nSPS) is 36.2. The van der Waals surface area contributed by atoms with Crippen LogP contribution in [0.15, 0.2) is 0 Å². The van der Waals surface area contributed by atoms with Crippen LogP contribution in [0, 0.1) is 17.8 Å². The number of aromatic amines is 1. The van der Waals surface area contributed by atoms with E-state index >= 15 is 0 Å². The van der Waals surface area contributed by atoms with Gasteiger partial charge in [-0.3, -0.25) is 9.89 Å². The van der Waals surface area contributed by atoms with Crippen LogP contribution in [0.5, 0.6) is 0 Å². The van der Waals surface area contributed by atoms with Crippen LogP contribution >= 0.6 is 0 Å². The third-order valence-corrected chi connectivity index (χ3v) is 4.40. The van der Waals surface area contributed by atoms with Gasteiger partial charge in [-0.2, -0.15) is 5.10 Å². The van der Waals surface area contributed by atoms with E-state index in [0.717, 1.165) is 29.9 Å². The molecule has 15 heavy (non-hydrogen) atoms. The molecule has 0 bridgehead atoms. The summed E-state index contributed by atoms with van der Waals surface area (Å²) in [5.41, 5.74) is 3.23. The molecular weight excluding hydrogens is 188 g/mol. The van der Waals surface area contributed by atoms with Crippen molar-refractivity contribution < 1.29 is 4.79 Å². The highest BCUT2D eigenvalue weighted by atomic mass is 16.1. The number of fused-ring (bicyclic) bond motifs is 3. The van der Waals surface area contributed by atoms with Crippen LogP contribution < -0.4 is 0 Å². The van der Waals surface area contributed by atoms with E-state index in [4.69, 9.17) is 0 Å². The first-order valence-corrected chi connectivity index (χ1v) is 5.85. The molecule has 2 saturated carbocycles. The molecule has 0 aromatic carbocycles. The van der Waals surface area contributed by atoms with E-state index in [2.05, 4.69) is 10.2 Å². The summed E-state index contributed by atoms with van der Waals surface area (Å²) in [6.07, 6.45) is 3.96. The van der Waals surface area contributed by atoms with E-state index in [1.165, 1.54) is 24.1 Å². The van der Waals surface area contributed by atoms with Gasteiger partial charge in [0.2, 0.25) is 0 Å². The fourth-order valence-electron chi connectivity index (χ4n) is 3.56. The van der Waals surface area contributed by atoms with Crippen molar-refractivity contribution in [2.75, 3.05) is 0 Å². The second-order valence-corrected chi connectivity index (χ2v) is 5.33. The highest BCUT2D eigenvalue weighted by Crippen LogP contribution is 2.68. The maximum Gasteiger partial charge on any atom is 0.177 e. The fraction of sp³-hybridized carbons (Fsp3) is 0.667. The van der Waals surface area contributed by atoms with Crippen molar-refractivity contribution in [3.8, 4) is 0 Å². The van der Waals surface area contributed by atoms with Gasteiger partial charge in [0.1, 0.15) is 5.69 Å². The van der Waals surface area contributed by atoms with E-state index in [0.29, 0.717) is 5.92 Å². The van der Waals surface area contributed by atoms with Crippen molar-refractivity contribution >= 4 is 5.78 Å². The topological polar surface area (TPSA) is 45.8 Å². The molecule has 0 saturated heterocycles. The van der Waals surface area contributed by atoms with E-state index in [9.17, 15) is 4.79 Å². The summed E-state index contributed by atoms with van der Waals surface area (Å²) in [7, 11) is 0. The molecule has 0 amide bonds. The first-order valence-electron chi connectivity index (χ1n) is 5.85. The summed E-state index contributed by atoms with van der Waals surface area (Å²) in [5, 5.41) is 7.27. The fourth-order valence-corrected chi connectivity index (χ4v) is 3.56.